The van der Waals surface area contributed by atoms with Crippen molar-refractivity contribution in [2.75, 3.05) is 13.1 Å². The van der Waals surface area contributed by atoms with Gasteiger partial charge in [-0.1, -0.05) is 30.3 Å². The lowest BCUT2D eigenvalue weighted by Crippen LogP contribution is -2.47. The third-order valence-electron chi connectivity index (χ3n) is 5.82. The number of aryl methyl sites for hydroxylation is 1. The summed E-state index contributed by atoms with van der Waals surface area (Å²) in [4.78, 5) is 24.7. The number of ether oxygens (including phenoxy) is 1. The van der Waals surface area contributed by atoms with Crippen LogP contribution in [-0.4, -0.2) is 50.5 Å². The summed E-state index contributed by atoms with van der Waals surface area (Å²) in [5, 5.41) is 0. The Kier molecular flexibility index (Phi) is 3.27. The number of nitrogens with one attached hydrogen (secondary N) is 1. The van der Waals surface area contributed by atoms with E-state index in [2.05, 4.69) is 27.0 Å². The van der Waals surface area contributed by atoms with Crippen LogP contribution in [0.4, 0.5) is 0 Å². The molecule has 1 spiro atoms. The van der Waals surface area contributed by atoms with Crippen LogP contribution in [0.2, 0.25) is 0 Å². The van der Waals surface area contributed by atoms with Gasteiger partial charge >= 0.3 is 0 Å². The van der Waals surface area contributed by atoms with Crippen molar-refractivity contribution in [2.45, 2.75) is 44.2 Å². The van der Waals surface area contributed by atoms with Gasteiger partial charge in [-0.25, -0.2) is 4.98 Å². The van der Waals surface area contributed by atoms with E-state index in [1.54, 1.807) is 0 Å². The van der Waals surface area contributed by atoms with Gasteiger partial charge in [-0.15, -0.1) is 0 Å². The first-order valence-electron chi connectivity index (χ1n) is 8.93. The molecule has 6 heteroatoms. The van der Waals surface area contributed by atoms with E-state index in [-0.39, 0.29) is 18.1 Å². The molecule has 0 saturated carbocycles. The summed E-state index contributed by atoms with van der Waals surface area (Å²) in [6.45, 7) is 4.33. The minimum absolute atomic E-state index is 0.0289. The number of rotatable bonds is 3. The highest BCUT2D eigenvalue weighted by Crippen LogP contribution is 2.50. The highest BCUT2D eigenvalue weighted by Gasteiger charge is 2.63. The van der Waals surface area contributed by atoms with Crippen LogP contribution in [0.1, 0.15) is 36.0 Å². The van der Waals surface area contributed by atoms with Gasteiger partial charge in [0.1, 0.15) is 11.9 Å². The van der Waals surface area contributed by atoms with Gasteiger partial charge in [-0.3, -0.25) is 9.69 Å². The molecule has 1 aromatic heterocycles. The van der Waals surface area contributed by atoms with Crippen LogP contribution in [-0.2, 0) is 16.1 Å². The van der Waals surface area contributed by atoms with Crippen molar-refractivity contribution < 1.29 is 9.53 Å². The first-order valence-corrected chi connectivity index (χ1v) is 8.93. The summed E-state index contributed by atoms with van der Waals surface area (Å²) in [7, 11) is 0. The third-order valence-corrected chi connectivity index (χ3v) is 5.82. The smallest absolute Gasteiger partial charge is 0.226 e. The molecule has 3 atom stereocenters. The Labute approximate surface area is 146 Å². The lowest BCUT2D eigenvalue weighted by molar-refractivity contribution is -0.138. The predicted octanol–water partition coefficient (Wildman–Crippen LogP) is 1.99. The van der Waals surface area contributed by atoms with Crippen LogP contribution >= 0.6 is 0 Å². The van der Waals surface area contributed by atoms with Crippen molar-refractivity contribution >= 4 is 5.91 Å². The minimum atomic E-state index is -0.459. The molecule has 0 bridgehead atoms. The Morgan fingerprint density at radius 3 is 2.96 bits per heavy atom. The van der Waals surface area contributed by atoms with Crippen molar-refractivity contribution in [1.29, 1.82) is 0 Å². The molecule has 3 saturated heterocycles. The number of amides is 1. The van der Waals surface area contributed by atoms with E-state index in [0.29, 0.717) is 13.0 Å². The molecular formula is C19H22N4O2. The lowest BCUT2D eigenvalue weighted by Gasteiger charge is -2.31. The first kappa shape index (κ1) is 15.1. The molecule has 4 heterocycles. The van der Waals surface area contributed by atoms with Gasteiger partial charge in [0, 0.05) is 31.3 Å². The SMILES string of the molecule is Cc1cnc(CN2CC[C@@]34O[C@@H](c5ccccc5)CN3C(=O)C[C@@H]24)[nH]1. The van der Waals surface area contributed by atoms with E-state index in [1.807, 2.05) is 36.2 Å². The summed E-state index contributed by atoms with van der Waals surface area (Å²) in [6.07, 6.45) is 3.23. The molecule has 0 radical (unpaired) electrons. The number of benzene rings is 1. The monoisotopic (exact) mass is 338 g/mol. The molecule has 130 valence electrons. The number of hydrogen-bond acceptors (Lipinski definition) is 4. The van der Waals surface area contributed by atoms with Crippen LogP contribution in [0.15, 0.2) is 36.5 Å². The Balaban J connectivity index is 1.41. The largest absolute Gasteiger partial charge is 0.345 e. The molecule has 25 heavy (non-hydrogen) atoms. The van der Waals surface area contributed by atoms with Crippen molar-refractivity contribution in [3.8, 4) is 0 Å². The maximum absolute atomic E-state index is 12.6. The molecule has 0 aliphatic carbocycles. The highest BCUT2D eigenvalue weighted by atomic mass is 16.5. The fourth-order valence-electron chi connectivity index (χ4n) is 4.68. The van der Waals surface area contributed by atoms with Crippen molar-refractivity contribution in [3.05, 3.63) is 53.6 Å². The lowest BCUT2D eigenvalue weighted by atomic mass is 10.1. The van der Waals surface area contributed by atoms with E-state index in [4.69, 9.17) is 4.74 Å². The van der Waals surface area contributed by atoms with Crippen molar-refractivity contribution in [3.63, 3.8) is 0 Å². The number of aromatic amines is 1. The summed E-state index contributed by atoms with van der Waals surface area (Å²) in [5.74, 6) is 1.17. The molecule has 3 aliphatic heterocycles. The predicted molar refractivity (Wildman–Crippen MR) is 91.5 cm³/mol. The fraction of sp³-hybridized carbons (Fsp3) is 0.474. The Morgan fingerprint density at radius 1 is 1.36 bits per heavy atom. The molecule has 3 fully saturated rings. The molecule has 2 aromatic rings. The van der Waals surface area contributed by atoms with Gasteiger partial charge in [0.2, 0.25) is 5.91 Å². The fourth-order valence-corrected chi connectivity index (χ4v) is 4.68. The number of carbonyl (C=O) groups excluding carboxylic acids is 1. The van der Waals surface area contributed by atoms with E-state index in [1.165, 1.54) is 0 Å². The summed E-state index contributed by atoms with van der Waals surface area (Å²) in [6, 6.07) is 10.3. The molecule has 1 amide bonds. The molecular weight excluding hydrogens is 316 g/mol. The van der Waals surface area contributed by atoms with E-state index < -0.39 is 5.72 Å². The zero-order valence-corrected chi connectivity index (χ0v) is 14.3. The zero-order valence-electron chi connectivity index (χ0n) is 14.3. The molecule has 6 nitrogen and oxygen atoms in total. The third kappa shape index (κ3) is 2.24. The van der Waals surface area contributed by atoms with Crippen LogP contribution < -0.4 is 0 Å². The summed E-state index contributed by atoms with van der Waals surface area (Å²) in [5.41, 5.74) is 1.76. The molecule has 1 N–H and O–H groups in total. The second-order valence-electron chi connectivity index (χ2n) is 7.32. The first-order chi connectivity index (χ1) is 12.2. The topological polar surface area (TPSA) is 61.5 Å². The van der Waals surface area contributed by atoms with Crippen LogP contribution in [0.25, 0.3) is 0 Å². The van der Waals surface area contributed by atoms with Gasteiger partial charge < -0.3 is 14.6 Å². The van der Waals surface area contributed by atoms with E-state index >= 15 is 0 Å². The molecule has 3 aliphatic rings. The quantitative estimate of drug-likeness (QED) is 0.930. The normalized spacial score (nSPS) is 31.6. The van der Waals surface area contributed by atoms with Gasteiger partial charge in [-0.05, 0) is 12.5 Å². The van der Waals surface area contributed by atoms with Crippen LogP contribution in [0.5, 0.6) is 0 Å². The Hall–Kier alpha value is -2.18. The van der Waals surface area contributed by atoms with Crippen molar-refractivity contribution in [1.82, 2.24) is 19.8 Å². The maximum Gasteiger partial charge on any atom is 0.226 e. The van der Waals surface area contributed by atoms with Gasteiger partial charge in [0.05, 0.1) is 19.1 Å². The summed E-state index contributed by atoms with van der Waals surface area (Å²) < 4.78 is 6.56. The maximum atomic E-state index is 12.6. The Bertz CT molecular complexity index is 805. The summed E-state index contributed by atoms with van der Waals surface area (Å²) >= 11 is 0. The van der Waals surface area contributed by atoms with Gasteiger partial charge in [0.25, 0.3) is 0 Å². The molecule has 5 rings (SSSR count). The number of nitrogens with zero attached hydrogens (tertiary/aromatic N) is 3. The van der Waals surface area contributed by atoms with E-state index in [9.17, 15) is 4.79 Å². The molecule has 0 unspecified atom stereocenters. The zero-order chi connectivity index (χ0) is 17.0. The van der Waals surface area contributed by atoms with Gasteiger partial charge in [-0.2, -0.15) is 0 Å². The number of likely N-dealkylation sites (tertiary alicyclic amines) is 1. The molecule has 1 aromatic carbocycles. The average molecular weight is 338 g/mol. The van der Waals surface area contributed by atoms with Crippen molar-refractivity contribution in [2.24, 2.45) is 0 Å². The average Bonchev–Trinajstić information content (AvgIpc) is 3.33. The Morgan fingerprint density at radius 2 is 2.20 bits per heavy atom. The van der Waals surface area contributed by atoms with Gasteiger partial charge in [0.15, 0.2) is 5.72 Å². The second kappa shape index (κ2) is 5.41. The standard InChI is InChI=1S/C19H22N4O2/c1-13-10-20-17(21-13)12-22-8-7-19-16(22)9-18(24)23(19)11-15(25-19)14-5-3-2-4-6-14/h2-6,10,15-16H,7-9,11-12H2,1H3,(H,20,21)/t15-,16-,19+/m1/s1. The second-order valence-corrected chi connectivity index (χ2v) is 7.32. The van der Waals surface area contributed by atoms with Crippen LogP contribution in [0, 0.1) is 6.92 Å². The number of imidazole rings is 1. The number of hydrogen-bond donors (Lipinski definition) is 1. The highest BCUT2D eigenvalue weighted by molar-refractivity contribution is 5.81. The van der Waals surface area contributed by atoms with Crippen LogP contribution in [0.3, 0.4) is 0 Å². The minimum Gasteiger partial charge on any atom is -0.345 e. The number of aromatic nitrogens is 2. The number of H-pyrrole nitrogens is 1. The van der Waals surface area contributed by atoms with E-state index in [0.717, 1.165) is 36.6 Å². The number of carbonyl (C=O) groups is 1.